The predicted molar refractivity (Wildman–Crippen MR) is 68.3 cm³/mol. The van der Waals surface area contributed by atoms with Gasteiger partial charge in [-0.25, -0.2) is 0 Å². The van der Waals surface area contributed by atoms with Gasteiger partial charge in [-0.1, -0.05) is 11.8 Å². The fourth-order valence-electron chi connectivity index (χ4n) is 1.68. The van der Waals surface area contributed by atoms with Crippen LogP contribution in [0, 0.1) is 0 Å². The number of rotatable bonds is 6. The number of carbonyl (C=O) groups excluding carboxylic acids is 1. The zero-order valence-electron chi connectivity index (χ0n) is 10.8. The van der Waals surface area contributed by atoms with Crippen molar-refractivity contribution in [2.24, 2.45) is 7.05 Å². The normalized spacial score (nSPS) is 18.4. The molecule has 2 rings (SSSR count). The Morgan fingerprint density at radius 1 is 1.72 bits per heavy atom. The lowest BCUT2D eigenvalue weighted by Crippen LogP contribution is -2.53. The molecule has 0 spiro atoms. The molecule has 6 nitrogen and oxygen atoms in total. The summed E-state index contributed by atoms with van der Waals surface area (Å²) in [5.74, 6) is 0.340. The van der Waals surface area contributed by atoms with Crippen molar-refractivity contribution in [2.75, 3.05) is 12.9 Å². The summed E-state index contributed by atoms with van der Waals surface area (Å²) in [5, 5.41) is 12.0. The first-order valence-corrected chi connectivity index (χ1v) is 6.86. The molecule has 1 atom stereocenters. The van der Waals surface area contributed by atoms with Crippen LogP contribution in [0.5, 0.6) is 0 Å². The zero-order chi connectivity index (χ0) is 13.2. The van der Waals surface area contributed by atoms with Gasteiger partial charge in [-0.2, -0.15) is 0 Å². The Bertz CT molecular complexity index is 432. The second-order valence-electron chi connectivity index (χ2n) is 4.76. The number of hydrogen-bond donors (Lipinski definition) is 1. The van der Waals surface area contributed by atoms with Gasteiger partial charge in [0, 0.05) is 18.8 Å². The fourth-order valence-corrected chi connectivity index (χ4v) is 2.65. The highest BCUT2D eigenvalue weighted by Gasteiger charge is 2.39. The molecule has 0 saturated heterocycles. The molecule has 18 heavy (non-hydrogen) atoms. The van der Waals surface area contributed by atoms with Gasteiger partial charge in [-0.15, -0.1) is 10.2 Å². The van der Waals surface area contributed by atoms with Crippen molar-refractivity contribution < 1.29 is 9.53 Å². The van der Waals surface area contributed by atoms with Crippen molar-refractivity contribution in [1.82, 2.24) is 20.1 Å². The summed E-state index contributed by atoms with van der Waals surface area (Å²) in [6.07, 6.45) is 3.90. The molecular formula is C11H18N4O2S. The highest BCUT2D eigenvalue weighted by atomic mass is 32.2. The van der Waals surface area contributed by atoms with E-state index in [1.165, 1.54) is 18.9 Å². The van der Waals surface area contributed by atoms with Crippen molar-refractivity contribution in [3.05, 3.63) is 6.33 Å². The summed E-state index contributed by atoms with van der Waals surface area (Å²) in [5.41, 5.74) is -0.674. The Balaban J connectivity index is 2.00. The number of ether oxygens (including phenoxy) is 1. The Morgan fingerprint density at radius 2 is 2.44 bits per heavy atom. The average Bonchev–Trinajstić information content (AvgIpc) is 3.06. The van der Waals surface area contributed by atoms with Gasteiger partial charge in [-0.05, 0) is 19.8 Å². The van der Waals surface area contributed by atoms with Crippen LogP contribution in [0.4, 0.5) is 0 Å². The first-order chi connectivity index (χ1) is 8.55. The van der Waals surface area contributed by atoms with E-state index in [-0.39, 0.29) is 5.97 Å². The number of nitrogens with one attached hydrogen (secondary N) is 1. The molecule has 1 heterocycles. The highest BCUT2D eigenvalue weighted by molar-refractivity contribution is 7.99. The van der Waals surface area contributed by atoms with Crippen LogP contribution in [0.15, 0.2) is 11.5 Å². The maximum absolute atomic E-state index is 11.9. The van der Waals surface area contributed by atoms with Gasteiger partial charge in [0.15, 0.2) is 5.16 Å². The molecule has 0 aliphatic heterocycles. The minimum Gasteiger partial charge on any atom is -0.468 e. The maximum atomic E-state index is 11.9. The van der Waals surface area contributed by atoms with E-state index in [4.69, 9.17) is 4.74 Å². The summed E-state index contributed by atoms with van der Waals surface area (Å²) < 4.78 is 6.72. The molecule has 1 unspecified atom stereocenters. The van der Waals surface area contributed by atoms with E-state index in [2.05, 4.69) is 15.5 Å². The van der Waals surface area contributed by atoms with E-state index in [1.54, 1.807) is 6.33 Å². The number of nitrogens with zero attached hydrogens (tertiary/aromatic N) is 3. The van der Waals surface area contributed by atoms with E-state index < -0.39 is 5.54 Å². The summed E-state index contributed by atoms with van der Waals surface area (Å²) in [4.78, 5) is 11.9. The molecule has 1 N–H and O–H groups in total. The van der Waals surface area contributed by atoms with Crippen LogP contribution >= 0.6 is 11.8 Å². The molecule has 1 fully saturated rings. The third-order valence-corrected chi connectivity index (χ3v) is 4.25. The van der Waals surface area contributed by atoms with Gasteiger partial charge < -0.3 is 9.30 Å². The van der Waals surface area contributed by atoms with Gasteiger partial charge >= 0.3 is 5.97 Å². The standard InChI is InChI=1S/C11H18N4O2S/c1-11(9(16)17-3,13-8-4-5-8)6-18-10-14-12-7-15(10)2/h7-8,13H,4-6H2,1-3H3. The zero-order valence-corrected chi connectivity index (χ0v) is 11.7. The van der Waals surface area contributed by atoms with Crippen LogP contribution < -0.4 is 5.32 Å². The minimum absolute atomic E-state index is 0.232. The van der Waals surface area contributed by atoms with Gasteiger partial charge in [-0.3, -0.25) is 10.1 Å². The molecular weight excluding hydrogens is 252 g/mol. The molecule has 0 amide bonds. The molecule has 0 bridgehead atoms. The monoisotopic (exact) mass is 270 g/mol. The number of aryl methyl sites for hydroxylation is 1. The van der Waals surface area contributed by atoms with Crippen molar-refractivity contribution in [3.63, 3.8) is 0 Å². The molecule has 1 saturated carbocycles. The quantitative estimate of drug-likeness (QED) is 0.603. The minimum atomic E-state index is -0.674. The lowest BCUT2D eigenvalue weighted by Gasteiger charge is -2.27. The van der Waals surface area contributed by atoms with E-state index in [9.17, 15) is 4.79 Å². The summed E-state index contributed by atoms with van der Waals surface area (Å²) in [6.45, 7) is 1.88. The fraction of sp³-hybridized carbons (Fsp3) is 0.727. The summed E-state index contributed by atoms with van der Waals surface area (Å²) >= 11 is 1.50. The number of aromatic nitrogens is 3. The Labute approximate surface area is 110 Å². The molecule has 7 heteroatoms. The predicted octanol–water partition coefficient (Wildman–Crippen LogP) is 0.591. The van der Waals surface area contributed by atoms with Crippen LogP contribution in [0.25, 0.3) is 0 Å². The molecule has 0 aromatic carbocycles. The molecule has 100 valence electrons. The second-order valence-corrected chi connectivity index (χ2v) is 5.70. The SMILES string of the molecule is COC(=O)C(C)(CSc1nncn1C)NC1CC1. The lowest BCUT2D eigenvalue weighted by atomic mass is 10.1. The van der Waals surface area contributed by atoms with Gasteiger partial charge in [0.1, 0.15) is 11.9 Å². The first-order valence-electron chi connectivity index (χ1n) is 5.88. The van der Waals surface area contributed by atoms with E-state index in [0.717, 1.165) is 18.0 Å². The summed E-state index contributed by atoms with van der Waals surface area (Å²) in [7, 11) is 3.30. The topological polar surface area (TPSA) is 69.0 Å². The van der Waals surface area contributed by atoms with Crippen molar-refractivity contribution in [2.45, 2.75) is 36.5 Å². The molecule has 1 aliphatic carbocycles. The van der Waals surface area contributed by atoms with E-state index in [1.807, 2.05) is 18.5 Å². The largest absolute Gasteiger partial charge is 0.468 e. The molecule has 1 aromatic rings. The smallest absolute Gasteiger partial charge is 0.326 e. The van der Waals surface area contributed by atoms with Crippen molar-refractivity contribution in [1.29, 1.82) is 0 Å². The Morgan fingerprint density at radius 3 is 2.94 bits per heavy atom. The number of hydrogen-bond acceptors (Lipinski definition) is 6. The number of carbonyl (C=O) groups is 1. The van der Waals surface area contributed by atoms with Gasteiger partial charge in [0.2, 0.25) is 0 Å². The van der Waals surface area contributed by atoms with Crippen molar-refractivity contribution >= 4 is 17.7 Å². The Hall–Kier alpha value is -1.08. The van der Waals surface area contributed by atoms with Crippen LogP contribution in [0.3, 0.4) is 0 Å². The molecule has 1 aromatic heterocycles. The highest BCUT2D eigenvalue weighted by Crippen LogP contribution is 2.27. The van der Waals surface area contributed by atoms with Crippen LogP contribution in [0.1, 0.15) is 19.8 Å². The number of esters is 1. The number of thioether (sulfide) groups is 1. The molecule has 1 aliphatic rings. The van der Waals surface area contributed by atoms with Crippen molar-refractivity contribution in [3.8, 4) is 0 Å². The van der Waals surface area contributed by atoms with Gasteiger partial charge in [0.05, 0.1) is 7.11 Å². The van der Waals surface area contributed by atoms with E-state index in [0.29, 0.717) is 11.8 Å². The second kappa shape index (κ2) is 5.27. The molecule has 0 radical (unpaired) electrons. The Kier molecular flexibility index (Phi) is 3.91. The third-order valence-electron chi connectivity index (χ3n) is 2.90. The van der Waals surface area contributed by atoms with Crippen LogP contribution in [-0.2, 0) is 16.6 Å². The van der Waals surface area contributed by atoms with Gasteiger partial charge in [0.25, 0.3) is 0 Å². The number of methoxy groups -OCH3 is 1. The summed E-state index contributed by atoms with van der Waals surface area (Å²) in [6, 6.07) is 0.439. The lowest BCUT2D eigenvalue weighted by molar-refractivity contribution is -0.147. The third kappa shape index (κ3) is 3.02. The van der Waals surface area contributed by atoms with Crippen LogP contribution in [-0.4, -0.2) is 45.2 Å². The maximum Gasteiger partial charge on any atom is 0.326 e. The average molecular weight is 270 g/mol. The van der Waals surface area contributed by atoms with E-state index >= 15 is 0 Å². The first kappa shape index (κ1) is 13.4. The van der Waals surface area contributed by atoms with Crippen LogP contribution in [0.2, 0.25) is 0 Å².